The Morgan fingerprint density at radius 1 is 1.26 bits per heavy atom. The molecule has 0 bridgehead atoms. The number of allylic oxidation sites excluding steroid dienone is 2. The van der Waals surface area contributed by atoms with Gasteiger partial charge in [-0.1, -0.05) is 6.92 Å². The van der Waals surface area contributed by atoms with Crippen molar-refractivity contribution in [2.45, 2.75) is 88.9 Å². The van der Waals surface area contributed by atoms with Crippen molar-refractivity contribution in [3.8, 4) is 12.1 Å². The highest BCUT2D eigenvalue weighted by Crippen LogP contribution is 2.54. The monoisotopic (exact) mass is 497 g/mol. The Labute approximate surface area is 213 Å². The van der Waals surface area contributed by atoms with Crippen LogP contribution in [0.1, 0.15) is 71.4 Å². The number of hydrogen-bond acceptors (Lipinski definition) is 8. The lowest BCUT2D eigenvalue weighted by Gasteiger charge is -2.38. The van der Waals surface area contributed by atoms with E-state index in [4.69, 9.17) is 14.7 Å². The van der Waals surface area contributed by atoms with Crippen LogP contribution in [0.3, 0.4) is 0 Å². The number of aliphatic hydroxyl groups is 1. The molecule has 0 saturated carbocycles. The summed E-state index contributed by atoms with van der Waals surface area (Å²) in [6.07, 6.45) is 7.28. The number of ether oxygens (including phenoxy) is 1. The van der Waals surface area contributed by atoms with E-state index in [-0.39, 0.29) is 6.10 Å². The Hall–Kier alpha value is -1.82. The predicted molar refractivity (Wildman–Crippen MR) is 140 cm³/mol. The smallest absolute Gasteiger partial charge is 0.318 e. The van der Waals surface area contributed by atoms with E-state index in [1.165, 1.54) is 23.3 Å². The van der Waals surface area contributed by atoms with Crippen LogP contribution >= 0.6 is 11.8 Å². The fourth-order valence-electron chi connectivity index (χ4n) is 6.60. The van der Waals surface area contributed by atoms with Gasteiger partial charge in [-0.15, -0.1) is 11.8 Å². The van der Waals surface area contributed by atoms with Crippen molar-refractivity contribution in [1.29, 1.82) is 5.26 Å². The fourth-order valence-corrected chi connectivity index (χ4v) is 8.18. The molecule has 4 aliphatic rings. The average molecular weight is 498 g/mol. The Bertz CT molecular complexity index is 1040. The summed E-state index contributed by atoms with van der Waals surface area (Å²) in [5.74, 6) is 1.83. The standard InChI is InChI=1S/C27H39N5O2S/c1-18-8-5-10-21-24(18)27(15-28,17-35-21)22-14-23(32-13-7-11-26(3,33)16-32)30-25(29-22)34-19(2)20-9-6-12-31(20)4/h14,18-20,33H,5-13,16-17H2,1-4H3/t18?,19-,20-,26+,27?/m0/s1. The Morgan fingerprint density at radius 3 is 2.80 bits per heavy atom. The SMILES string of the molecule is CC1CCCC2=C1C(C#N)(c1cc(N3CCC[C@@](C)(O)C3)nc(O[C@@H](C)[C@@H]3CCCN3C)n1)CS2. The minimum absolute atomic E-state index is 0.0468. The number of hydrogen-bond donors (Lipinski definition) is 1. The average Bonchev–Trinajstić information content (AvgIpc) is 3.43. The van der Waals surface area contributed by atoms with Gasteiger partial charge >= 0.3 is 6.01 Å². The molecule has 2 unspecified atom stereocenters. The van der Waals surface area contributed by atoms with Crippen LogP contribution < -0.4 is 9.64 Å². The van der Waals surface area contributed by atoms with E-state index >= 15 is 0 Å². The molecule has 4 heterocycles. The highest BCUT2D eigenvalue weighted by Gasteiger charge is 2.48. The normalized spacial score (nSPS) is 34.6. The highest BCUT2D eigenvalue weighted by atomic mass is 32.2. The van der Waals surface area contributed by atoms with Gasteiger partial charge in [0.1, 0.15) is 17.3 Å². The molecular weight excluding hydrogens is 458 g/mol. The van der Waals surface area contributed by atoms with Crippen LogP contribution in [-0.2, 0) is 5.41 Å². The zero-order valence-electron chi connectivity index (χ0n) is 21.6. The maximum absolute atomic E-state index is 10.8. The van der Waals surface area contributed by atoms with Crippen LogP contribution in [0, 0.1) is 17.2 Å². The molecule has 0 aromatic carbocycles. The van der Waals surface area contributed by atoms with E-state index in [0.717, 1.165) is 56.7 Å². The molecule has 0 amide bonds. The summed E-state index contributed by atoms with van der Waals surface area (Å²) < 4.78 is 6.42. The van der Waals surface area contributed by atoms with Gasteiger partial charge in [0, 0.05) is 31.0 Å². The number of β-amino-alcohol motifs (C(OH)–C–C–N with tert-alkyl or cyclic N) is 1. The lowest BCUT2D eigenvalue weighted by molar-refractivity contribution is 0.0445. The number of thioether (sulfide) groups is 1. The van der Waals surface area contributed by atoms with Gasteiger partial charge in [-0.3, -0.25) is 4.90 Å². The molecular formula is C27H39N5O2S. The van der Waals surface area contributed by atoms with Crippen molar-refractivity contribution in [2.24, 2.45) is 5.92 Å². The van der Waals surface area contributed by atoms with Gasteiger partial charge in [-0.05, 0) is 88.8 Å². The van der Waals surface area contributed by atoms with Crippen molar-refractivity contribution in [3.63, 3.8) is 0 Å². The van der Waals surface area contributed by atoms with Gasteiger partial charge in [0.15, 0.2) is 0 Å². The first-order valence-corrected chi connectivity index (χ1v) is 14.2. The zero-order valence-corrected chi connectivity index (χ0v) is 22.4. The van der Waals surface area contributed by atoms with Crippen molar-refractivity contribution >= 4 is 17.6 Å². The van der Waals surface area contributed by atoms with E-state index in [1.807, 2.05) is 24.8 Å². The summed E-state index contributed by atoms with van der Waals surface area (Å²) in [7, 11) is 2.15. The van der Waals surface area contributed by atoms with Crippen LogP contribution in [0.5, 0.6) is 6.01 Å². The van der Waals surface area contributed by atoms with Crippen LogP contribution in [-0.4, -0.2) is 70.2 Å². The van der Waals surface area contributed by atoms with Crippen molar-refractivity contribution < 1.29 is 9.84 Å². The van der Waals surface area contributed by atoms with Gasteiger partial charge in [0.25, 0.3) is 0 Å². The number of nitriles is 1. The topological polar surface area (TPSA) is 85.5 Å². The third-order valence-corrected chi connectivity index (χ3v) is 9.84. The summed E-state index contributed by atoms with van der Waals surface area (Å²) in [6, 6.07) is 5.40. The summed E-state index contributed by atoms with van der Waals surface area (Å²) in [5.41, 5.74) is 0.513. The van der Waals surface area contributed by atoms with E-state index in [9.17, 15) is 10.4 Å². The van der Waals surface area contributed by atoms with Gasteiger partial charge in [-0.25, -0.2) is 0 Å². The number of anilines is 1. The van der Waals surface area contributed by atoms with Gasteiger partial charge in [-0.2, -0.15) is 15.2 Å². The molecule has 0 spiro atoms. The zero-order chi connectivity index (χ0) is 24.8. The second-order valence-electron chi connectivity index (χ2n) is 11.4. The summed E-state index contributed by atoms with van der Waals surface area (Å²) in [4.78, 5) is 15.7. The van der Waals surface area contributed by atoms with Crippen LogP contribution in [0.25, 0.3) is 0 Å². The first-order chi connectivity index (χ1) is 16.7. The Morgan fingerprint density at radius 2 is 2.09 bits per heavy atom. The molecule has 1 aromatic rings. The molecule has 1 N–H and O–H groups in total. The van der Waals surface area contributed by atoms with Gasteiger partial charge < -0.3 is 14.7 Å². The van der Waals surface area contributed by atoms with E-state index < -0.39 is 11.0 Å². The first-order valence-electron chi connectivity index (χ1n) is 13.2. The second kappa shape index (κ2) is 9.57. The molecule has 7 nitrogen and oxygen atoms in total. The number of rotatable bonds is 5. The molecule has 35 heavy (non-hydrogen) atoms. The largest absolute Gasteiger partial charge is 0.459 e. The molecule has 2 fully saturated rings. The van der Waals surface area contributed by atoms with Crippen LogP contribution in [0.4, 0.5) is 5.82 Å². The summed E-state index contributed by atoms with van der Waals surface area (Å²) >= 11 is 1.83. The molecule has 190 valence electrons. The highest BCUT2D eigenvalue weighted by molar-refractivity contribution is 8.03. The van der Waals surface area contributed by atoms with Crippen molar-refractivity contribution in [3.05, 3.63) is 22.2 Å². The van der Waals surface area contributed by atoms with Crippen molar-refractivity contribution in [2.75, 3.05) is 37.3 Å². The minimum atomic E-state index is -0.756. The summed E-state index contributed by atoms with van der Waals surface area (Å²) in [5, 5.41) is 21.4. The lowest BCUT2D eigenvalue weighted by atomic mass is 9.71. The number of piperidine rings is 1. The molecule has 5 atom stereocenters. The Balaban J connectivity index is 1.55. The quantitative estimate of drug-likeness (QED) is 0.646. The molecule has 1 aliphatic carbocycles. The molecule has 2 saturated heterocycles. The van der Waals surface area contributed by atoms with Crippen LogP contribution in [0.2, 0.25) is 0 Å². The molecule has 3 aliphatic heterocycles. The molecule has 8 heteroatoms. The number of likely N-dealkylation sites (tertiary alicyclic amines) is 1. The second-order valence-corrected chi connectivity index (χ2v) is 12.4. The maximum Gasteiger partial charge on any atom is 0.318 e. The number of aromatic nitrogens is 2. The van der Waals surface area contributed by atoms with E-state index in [0.29, 0.717) is 30.3 Å². The first kappa shape index (κ1) is 24.9. The predicted octanol–water partition coefficient (Wildman–Crippen LogP) is 4.27. The van der Waals surface area contributed by atoms with Crippen molar-refractivity contribution in [1.82, 2.24) is 14.9 Å². The van der Waals surface area contributed by atoms with Gasteiger partial charge in [0.2, 0.25) is 0 Å². The molecule has 1 aromatic heterocycles. The summed E-state index contributed by atoms with van der Waals surface area (Å²) in [6.45, 7) is 8.67. The molecule has 0 radical (unpaired) electrons. The third kappa shape index (κ3) is 4.68. The van der Waals surface area contributed by atoms with E-state index in [2.05, 4.69) is 36.8 Å². The maximum atomic E-state index is 10.8. The minimum Gasteiger partial charge on any atom is -0.459 e. The lowest BCUT2D eigenvalue weighted by Crippen LogP contribution is -2.46. The third-order valence-electron chi connectivity index (χ3n) is 8.49. The van der Waals surface area contributed by atoms with Gasteiger partial charge in [0.05, 0.1) is 17.4 Å². The Kier molecular flexibility index (Phi) is 6.80. The number of nitrogens with zero attached hydrogens (tertiary/aromatic N) is 5. The number of likely N-dealkylation sites (N-methyl/N-ethyl adjacent to an activating group) is 1. The molecule has 5 rings (SSSR count). The fraction of sp³-hybridized carbons (Fsp3) is 0.741. The van der Waals surface area contributed by atoms with E-state index in [1.54, 1.807) is 0 Å². The van der Waals surface area contributed by atoms with Crippen LogP contribution in [0.15, 0.2) is 16.5 Å².